The Hall–Kier alpha value is 0.140. The van der Waals surface area contributed by atoms with Gasteiger partial charge in [0.15, 0.2) is 0 Å². The molecule has 15 heavy (non-hydrogen) atoms. The summed E-state index contributed by atoms with van der Waals surface area (Å²) < 4.78 is 36.6. The van der Waals surface area contributed by atoms with Crippen molar-refractivity contribution in [1.82, 2.24) is 0 Å². The zero-order valence-electron chi connectivity index (χ0n) is 10.0. The predicted molar refractivity (Wildman–Crippen MR) is 61.2 cm³/mol. The lowest BCUT2D eigenvalue weighted by Gasteiger charge is -2.39. The highest BCUT2D eigenvalue weighted by molar-refractivity contribution is 7.81. The fourth-order valence-electron chi connectivity index (χ4n) is 1.96. The molecule has 0 heterocycles. The Bertz CT molecular complexity index is 196. The van der Waals surface area contributed by atoms with Crippen molar-refractivity contribution >= 4 is 12.6 Å². The Morgan fingerprint density at radius 3 is 1.73 bits per heavy atom. The summed E-state index contributed by atoms with van der Waals surface area (Å²) >= 11 is 3.85. The maximum absolute atomic E-state index is 12.8. The molecular formula is C11H21F3S. The third-order valence-corrected chi connectivity index (χ3v) is 4.01. The molecule has 1 unspecified atom stereocenters. The molecule has 0 N–H and O–H groups in total. The second-order valence-corrected chi connectivity index (χ2v) is 5.69. The van der Waals surface area contributed by atoms with Crippen molar-refractivity contribution in [2.75, 3.05) is 0 Å². The van der Waals surface area contributed by atoms with Crippen molar-refractivity contribution in [3.63, 3.8) is 0 Å². The molecule has 0 fully saturated rings. The summed E-state index contributed by atoms with van der Waals surface area (Å²) in [6, 6.07) is 0. The lowest BCUT2D eigenvalue weighted by Crippen LogP contribution is -2.47. The van der Waals surface area contributed by atoms with E-state index in [1.54, 1.807) is 6.92 Å². The van der Waals surface area contributed by atoms with Crippen molar-refractivity contribution in [2.45, 2.75) is 52.0 Å². The number of thiol groups is 1. The highest BCUT2D eigenvalue weighted by atomic mass is 32.1. The van der Waals surface area contributed by atoms with Gasteiger partial charge in [-0.05, 0) is 24.7 Å². The Balaban J connectivity index is 4.97. The summed E-state index contributed by atoms with van der Waals surface area (Å²) in [6.07, 6.45) is -3.75. The lowest BCUT2D eigenvalue weighted by molar-refractivity contribution is -0.172. The number of halogens is 3. The van der Waals surface area contributed by atoms with Crippen LogP contribution >= 0.6 is 12.6 Å². The molecule has 0 amide bonds. The summed E-state index contributed by atoms with van der Waals surface area (Å²) in [5.74, 6) is -0.191. The van der Waals surface area contributed by atoms with Crippen molar-refractivity contribution in [1.29, 1.82) is 0 Å². The van der Waals surface area contributed by atoms with Gasteiger partial charge in [0.2, 0.25) is 0 Å². The Morgan fingerprint density at radius 1 is 1.13 bits per heavy atom. The molecule has 0 saturated carbocycles. The fraction of sp³-hybridized carbons (Fsp3) is 1.00. The molecule has 0 nitrogen and oxygen atoms in total. The van der Waals surface area contributed by atoms with Crippen molar-refractivity contribution in [2.24, 2.45) is 17.8 Å². The van der Waals surface area contributed by atoms with Crippen LogP contribution in [-0.4, -0.2) is 10.9 Å². The van der Waals surface area contributed by atoms with E-state index in [1.807, 2.05) is 20.8 Å². The second kappa shape index (κ2) is 4.98. The van der Waals surface area contributed by atoms with Gasteiger partial charge in [0, 0.05) is 0 Å². The predicted octanol–water partition coefficient (Wildman–Crippen LogP) is 4.56. The zero-order chi connectivity index (χ0) is 12.4. The SMILES string of the molecule is CC[C@@H]([C@H](C)C(C)C)C(C)(S)C(F)(F)F. The van der Waals surface area contributed by atoms with E-state index in [9.17, 15) is 13.2 Å². The van der Waals surface area contributed by atoms with Gasteiger partial charge in [-0.15, -0.1) is 0 Å². The van der Waals surface area contributed by atoms with E-state index >= 15 is 0 Å². The Morgan fingerprint density at radius 2 is 1.53 bits per heavy atom. The molecule has 0 radical (unpaired) electrons. The molecule has 0 aliphatic carbocycles. The van der Waals surface area contributed by atoms with Crippen LogP contribution < -0.4 is 0 Å². The van der Waals surface area contributed by atoms with E-state index in [-0.39, 0.29) is 11.8 Å². The van der Waals surface area contributed by atoms with Crippen LogP contribution in [0.1, 0.15) is 41.0 Å². The molecule has 0 aliphatic heterocycles. The smallest absolute Gasteiger partial charge is 0.170 e. The van der Waals surface area contributed by atoms with Crippen LogP contribution in [0.25, 0.3) is 0 Å². The molecule has 3 atom stereocenters. The van der Waals surface area contributed by atoms with E-state index < -0.39 is 16.8 Å². The maximum atomic E-state index is 12.8. The highest BCUT2D eigenvalue weighted by Gasteiger charge is 2.54. The standard InChI is InChI=1S/C11H21F3S/c1-6-9(8(4)7(2)3)10(5,15)11(12,13)14/h7-9,15H,6H2,1-5H3/t8-,9+,10?/m1/s1. The van der Waals surface area contributed by atoms with Crippen molar-refractivity contribution in [3.8, 4) is 0 Å². The van der Waals surface area contributed by atoms with E-state index in [2.05, 4.69) is 12.6 Å². The zero-order valence-corrected chi connectivity index (χ0v) is 10.9. The summed E-state index contributed by atoms with van der Waals surface area (Å²) in [5, 5.41) is 0. The van der Waals surface area contributed by atoms with Crippen LogP contribution in [0.5, 0.6) is 0 Å². The van der Waals surface area contributed by atoms with E-state index in [0.29, 0.717) is 6.42 Å². The fourth-order valence-corrected chi connectivity index (χ4v) is 2.37. The third kappa shape index (κ3) is 3.30. The minimum Gasteiger partial charge on any atom is -0.170 e. The first-order chi connectivity index (χ1) is 6.55. The Labute approximate surface area is 96.0 Å². The van der Waals surface area contributed by atoms with Crippen molar-refractivity contribution < 1.29 is 13.2 Å². The first-order valence-electron chi connectivity index (χ1n) is 5.34. The van der Waals surface area contributed by atoms with Gasteiger partial charge < -0.3 is 0 Å². The van der Waals surface area contributed by atoms with E-state index in [0.717, 1.165) is 0 Å². The average molecular weight is 242 g/mol. The van der Waals surface area contributed by atoms with Crippen LogP contribution in [-0.2, 0) is 0 Å². The van der Waals surface area contributed by atoms with Crippen LogP contribution in [0.15, 0.2) is 0 Å². The second-order valence-electron chi connectivity index (χ2n) is 4.76. The normalized spacial score (nSPS) is 21.2. The van der Waals surface area contributed by atoms with Gasteiger partial charge in [0.25, 0.3) is 0 Å². The number of alkyl halides is 3. The van der Waals surface area contributed by atoms with Gasteiger partial charge in [-0.3, -0.25) is 0 Å². The van der Waals surface area contributed by atoms with Crippen molar-refractivity contribution in [3.05, 3.63) is 0 Å². The summed E-state index contributed by atoms with van der Waals surface area (Å²) in [6.45, 7) is 8.76. The summed E-state index contributed by atoms with van der Waals surface area (Å²) in [5.41, 5.74) is 0. The molecule has 0 aromatic carbocycles. The molecule has 0 aromatic rings. The minimum absolute atomic E-state index is 0.0131. The van der Waals surface area contributed by atoms with E-state index in [1.165, 1.54) is 6.92 Å². The highest BCUT2D eigenvalue weighted by Crippen LogP contribution is 2.46. The van der Waals surface area contributed by atoms with Gasteiger partial charge in [-0.1, -0.05) is 34.1 Å². The lowest BCUT2D eigenvalue weighted by atomic mass is 9.75. The van der Waals surface area contributed by atoms with E-state index in [4.69, 9.17) is 0 Å². The van der Waals surface area contributed by atoms with Gasteiger partial charge in [-0.25, -0.2) is 0 Å². The molecule has 0 rings (SSSR count). The van der Waals surface area contributed by atoms with Crippen LogP contribution in [0, 0.1) is 17.8 Å². The van der Waals surface area contributed by atoms with Crippen LogP contribution in [0.2, 0.25) is 0 Å². The minimum atomic E-state index is -4.25. The number of rotatable bonds is 4. The van der Waals surface area contributed by atoms with Crippen LogP contribution in [0.3, 0.4) is 0 Å². The molecule has 0 aliphatic rings. The third-order valence-electron chi connectivity index (χ3n) is 3.42. The molecule has 92 valence electrons. The number of hydrogen-bond donors (Lipinski definition) is 1. The van der Waals surface area contributed by atoms with Gasteiger partial charge >= 0.3 is 6.18 Å². The van der Waals surface area contributed by atoms with Gasteiger partial charge in [-0.2, -0.15) is 25.8 Å². The molecule has 0 saturated heterocycles. The van der Waals surface area contributed by atoms with Crippen LogP contribution in [0.4, 0.5) is 13.2 Å². The van der Waals surface area contributed by atoms with Gasteiger partial charge in [0.05, 0.1) is 0 Å². The summed E-state index contributed by atoms with van der Waals surface area (Å²) in [4.78, 5) is 0. The topological polar surface area (TPSA) is 0 Å². The molecular weight excluding hydrogens is 221 g/mol. The number of hydrogen-bond acceptors (Lipinski definition) is 1. The largest absolute Gasteiger partial charge is 0.403 e. The molecule has 0 aromatic heterocycles. The molecule has 4 heteroatoms. The Kier molecular flexibility index (Phi) is 5.03. The monoisotopic (exact) mass is 242 g/mol. The quantitative estimate of drug-likeness (QED) is 0.687. The summed E-state index contributed by atoms with van der Waals surface area (Å²) in [7, 11) is 0. The van der Waals surface area contributed by atoms with Gasteiger partial charge in [0.1, 0.15) is 4.75 Å². The maximum Gasteiger partial charge on any atom is 0.403 e. The molecule has 0 spiro atoms. The first-order valence-corrected chi connectivity index (χ1v) is 5.79. The average Bonchev–Trinajstić information content (AvgIpc) is 2.02. The molecule has 0 bridgehead atoms. The first kappa shape index (κ1) is 15.1.